The summed E-state index contributed by atoms with van der Waals surface area (Å²) in [6.45, 7) is 2.91. The van der Waals surface area contributed by atoms with Gasteiger partial charge >= 0.3 is 6.18 Å². The summed E-state index contributed by atoms with van der Waals surface area (Å²) in [6, 6.07) is 5.42. The SMILES string of the molecule is Cc1oc(-c2cccc(C(F)(F)F)c2)nc1CN1[C@@H]2CC[C@H]1CNC(=O)C2. The Balaban J connectivity index is 1.58. The maximum atomic E-state index is 12.9. The summed E-state index contributed by atoms with van der Waals surface area (Å²) in [5.41, 5.74) is 0.274. The zero-order chi connectivity index (χ0) is 19.2. The first-order valence-electron chi connectivity index (χ1n) is 8.97. The van der Waals surface area contributed by atoms with Crippen LogP contribution in [0.2, 0.25) is 0 Å². The molecule has 0 aliphatic carbocycles. The number of oxazole rings is 1. The van der Waals surface area contributed by atoms with Crippen LogP contribution in [-0.4, -0.2) is 34.4 Å². The number of carbonyl (C=O) groups is 1. The molecule has 0 saturated carbocycles. The lowest BCUT2D eigenvalue weighted by Gasteiger charge is -2.26. The van der Waals surface area contributed by atoms with Crippen LogP contribution < -0.4 is 5.32 Å². The lowest BCUT2D eigenvalue weighted by molar-refractivity contribution is -0.137. The van der Waals surface area contributed by atoms with Crippen molar-refractivity contribution in [1.82, 2.24) is 15.2 Å². The van der Waals surface area contributed by atoms with Crippen LogP contribution in [0, 0.1) is 6.92 Å². The molecule has 3 heterocycles. The fraction of sp³-hybridized carbons (Fsp3) is 0.474. The third kappa shape index (κ3) is 3.58. The first kappa shape index (κ1) is 18.0. The van der Waals surface area contributed by atoms with E-state index in [1.165, 1.54) is 6.07 Å². The normalized spacial score (nSPS) is 23.3. The Morgan fingerprint density at radius 1 is 1.30 bits per heavy atom. The molecule has 1 N–H and O–H groups in total. The van der Waals surface area contributed by atoms with Crippen LogP contribution in [0.25, 0.3) is 11.5 Å². The Morgan fingerprint density at radius 3 is 2.85 bits per heavy atom. The van der Waals surface area contributed by atoms with Crippen molar-refractivity contribution < 1.29 is 22.4 Å². The van der Waals surface area contributed by atoms with Crippen molar-refractivity contribution in [3.63, 3.8) is 0 Å². The van der Waals surface area contributed by atoms with Crippen molar-refractivity contribution in [2.45, 2.75) is 51.0 Å². The molecule has 1 aromatic carbocycles. The van der Waals surface area contributed by atoms with E-state index in [9.17, 15) is 18.0 Å². The fourth-order valence-corrected chi connectivity index (χ4v) is 3.93. The van der Waals surface area contributed by atoms with E-state index in [-0.39, 0.29) is 23.9 Å². The molecule has 2 fully saturated rings. The van der Waals surface area contributed by atoms with Gasteiger partial charge in [-0.15, -0.1) is 0 Å². The van der Waals surface area contributed by atoms with Gasteiger partial charge in [0.2, 0.25) is 11.8 Å². The molecule has 4 rings (SSSR count). The summed E-state index contributed by atoms with van der Waals surface area (Å²) >= 11 is 0. The third-order valence-corrected chi connectivity index (χ3v) is 5.39. The third-order valence-electron chi connectivity index (χ3n) is 5.39. The van der Waals surface area contributed by atoms with E-state index >= 15 is 0 Å². The van der Waals surface area contributed by atoms with Crippen molar-refractivity contribution in [2.75, 3.05) is 6.54 Å². The minimum atomic E-state index is -4.41. The predicted octanol–water partition coefficient (Wildman–Crippen LogP) is 3.52. The van der Waals surface area contributed by atoms with Crippen LogP contribution in [-0.2, 0) is 17.5 Å². The molecule has 0 spiro atoms. The number of hydrogen-bond acceptors (Lipinski definition) is 4. The average molecular weight is 379 g/mol. The summed E-state index contributed by atoms with van der Waals surface area (Å²) in [5.74, 6) is 0.837. The average Bonchev–Trinajstić information content (AvgIpc) is 3.11. The number of alkyl halides is 3. The second-order valence-corrected chi connectivity index (χ2v) is 7.17. The van der Waals surface area contributed by atoms with Gasteiger partial charge < -0.3 is 9.73 Å². The van der Waals surface area contributed by atoms with E-state index < -0.39 is 11.7 Å². The molecule has 27 heavy (non-hydrogen) atoms. The van der Waals surface area contributed by atoms with Gasteiger partial charge in [-0.05, 0) is 38.0 Å². The van der Waals surface area contributed by atoms with Crippen LogP contribution in [0.5, 0.6) is 0 Å². The monoisotopic (exact) mass is 379 g/mol. The molecular weight excluding hydrogens is 359 g/mol. The van der Waals surface area contributed by atoms with E-state index in [4.69, 9.17) is 4.42 Å². The van der Waals surface area contributed by atoms with Gasteiger partial charge in [0.05, 0.1) is 11.3 Å². The molecule has 2 bridgehead atoms. The minimum Gasteiger partial charge on any atom is -0.441 e. The summed E-state index contributed by atoms with van der Waals surface area (Å²) in [5, 5.41) is 2.93. The van der Waals surface area contributed by atoms with Gasteiger partial charge in [-0.2, -0.15) is 13.2 Å². The maximum Gasteiger partial charge on any atom is 0.416 e. The number of fused-ring (bicyclic) bond motifs is 2. The predicted molar refractivity (Wildman–Crippen MR) is 91.7 cm³/mol. The molecule has 2 aliphatic heterocycles. The van der Waals surface area contributed by atoms with Crippen molar-refractivity contribution >= 4 is 5.91 Å². The standard InChI is InChI=1S/C19H20F3N3O2/c1-11-16(10-25-14-5-6-15(25)9-23-17(26)8-14)24-18(27-11)12-3-2-4-13(7-12)19(20,21)22/h2-4,7,14-15H,5-6,8-10H2,1H3,(H,23,26)/t14-,15+/m1/s1. The van der Waals surface area contributed by atoms with Crippen molar-refractivity contribution in [3.8, 4) is 11.5 Å². The van der Waals surface area contributed by atoms with Crippen LogP contribution >= 0.6 is 0 Å². The van der Waals surface area contributed by atoms with Crippen molar-refractivity contribution in [2.24, 2.45) is 0 Å². The van der Waals surface area contributed by atoms with Gasteiger partial charge in [-0.25, -0.2) is 4.98 Å². The molecule has 2 saturated heterocycles. The first-order valence-corrected chi connectivity index (χ1v) is 8.97. The molecule has 1 aromatic heterocycles. The highest BCUT2D eigenvalue weighted by atomic mass is 19.4. The lowest BCUT2D eigenvalue weighted by Crippen LogP contribution is -2.37. The molecule has 2 aromatic rings. The Morgan fingerprint density at radius 2 is 2.07 bits per heavy atom. The van der Waals surface area contributed by atoms with Crippen molar-refractivity contribution in [3.05, 3.63) is 41.3 Å². The van der Waals surface area contributed by atoms with E-state index in [1.54, 1.807) is 13.0 Å². The molecule has 5 nitrogen and oxygen atoms in total. The number of carbonyl (C=O) groups excluding carboxylic acids is 1. The number of amides is 1. The number of nitrogens with zero attached hydrogens (tertiary/aromatic N) is 2. The highest BCUT2D eigenvalue weighted by Gasteiger charge is 2.38. The largest absolute Gasteiger partial charge is 0.441 e. The number of aryl methyl sites for hydroxylation is 1. The van der Waals surface area contributed by atoms with E-state index in [0.29, 0.717) is 36.5 Å². The summed E-state index contributed by atoms with van der Waals surface area (Å²) in [6.07, 6.45) is -1.96. The van der Waals surface area contributed by atoms with Crippen LogP contribution in [0.4, 0.5) is 13.2 Å². The van der Waals surface area contributed by atoms with Crippen LogP contribution in [0.1, 0.15) is 36.3 Å². The van der Waals surface area contributed by atoms with Gasteiger partial charge in [0.25, 0.3) is 0 Å². The molecule has 144 valence electrons. The van der Waals surface area contributed by atoms with E-state index in [0.717, 1.165) is 25.0 Å². The number of nitrogens with one attached hydrogen (secondary N) is 1. The number of hydrogen-bond donors (Lipinski definition) is 1. The number of halogens is 3. The highest BCUT2D eigenvalue weighted by Crippen LogP contribution is 2.34. The zero-order valence-corrected chi connectivity index (χ0v) is 14.8. The number of rotatable bonds is 3. The second kappa shape index (κ2) is 6.67. The van der Waals surface area contributed by atoms with Gasteiger partial charge in [0, 0.05) is 37.2 Å². The van der Waals surface area contributed by atoms with Gasteiger partial charge in [-0.3, -0.25) is 9.69 Å². The second-order valence-electron chi connectivity index (χ2n) is 7.17. The Bertz CT molecular complexity index is 862. The van der Waals surface area contributed by atoms with Gasteiger partial charge in [-0.1, -0.05) is 6.07 Å². The highest BCUT2D eigenvalue weighted by molar-refractivity contribution is 5.77. The number of benzene rings is 1. The molecule has 2 aliphatic rings. The molecule has 8 heteroatoms. The summed E-state index contributed by atoms with van der Waals surface area (Å²) < 4.78 is 44.5. The molecule has 1 amide bonds. The quantitative estimate of drug-likeness (QED) is 0.887. The maximum absolute atomic E-state index is 12.9. The molecular formula is C19H20F3N3O2. The molecule has 0 unspecified atom stereocenters. The van der Waals surface area contributed by atoms with Gasteiger partial charge in [0.1, 0.15) is 5.76 Å². The Labute approximate surface area is 154 Å². The Hall–Kier alpha value is -2.35. The topological polar surface area (TPSA) is 58.4 Å². The van der Waals surface area contributed by atoms with Crippen LogP contribution in [0.15, 0.2) is 28.7 Å². The van der Waals surface area contributed by atoms with Crippen molar-refractivity contribution in [1.29, 1.82) is 0 Å². The molecule has 0 radical (unpaired) electrons. The van der Waals surface area contributed by atoms with Gasteiger partial charge in [0.15, 0.2) is 0 Å². The summed E-state index contributed by atoms with van der Waals surface area (Å²) in [4.78, 5) is 18.5. The van der Waals surface area contributed by atoms with Crippen LogP contribution in [0.3, 0.4) is 0 Å². The fourth-order valence-electron chi connectivity index (χ4n) is 3.93. The number of aromatic nitrogens is 1. The first-order chi connectivity index (χ1) is 12.8. The smallest absolute Gasteiger partial charge is 0.416 e. The van der Waals surface area contributed by atoms with E-state index in [1.807, 2.05) is 0 Å². The lowest BCUT2D eigenvalue weighted by atomic mass is 10.1. The minimum absolute atomic E-state index is 0.0636. The molecule has 2 atom stereocenters. The zero-order valence-electron chi connectivity index (χ0n) is 14.8. The Kier molecular flexibility index (Phi) is 4.46. The summed E-state index contributed by atoms with van der Waals surface area (Å²) in [7, 11) is 0. The van der Waals surface area contributed by atoms with E-state index in [2.05, 4.69) is 15.2 Å².